The highest BCUT2D eigenvalue weighted by molar-refractivity contribution is 6.39. The number of amides is 1. The molecule has 2 aliphatic rings. The Balaban J connectivity index is 1.67. The summed E-state index contributed by atoms with van der Waals surface area (Å²) in [6.45, 7) is -2.89. The number of alkyl halides is 2. The average molecular weight is 488 g/mol. The number of nitrogens with zero attached hydrogens (tertiary/aromatic N) is 1. The molecule has 32 heavy (non-hydrogen) atoms. The van der Waals surface area contributed by atoms with Crippen molar-refractivity contribution >= 4 is 40.5 Å². The third kappa shape index (κ3) is 4.55. The first-order chi connectivity index (χ1) is 15.3. The van der Waals surface area contributed by atoms with E-state index in [-0.39, 0.29) is 45.0 Å². The average Bonchev–Trinajstić information content (AvgIpc) is 2.76. The molecular formula is C21H21Cl2F2N3O4. The van der Waals surface area contributed by atoms with Gasteiger partial charge in [-0.3, -0.25) is 9.78 Å². The molecule has 1 fully saturated rings. The van der Waals surface area contributed by atoms with E-state index in [1.54, 1.807) is 0 Å². The predicted octanol–water partition coefficient (Wildman–Crippen LogP) is 5.11. The van der Waals surface area contributed by atoms with Gasteiger partial charge in [-0.25, -0.2) is 0 Å². The van der Waals surface area contributed by atoms with Gasteiger partial charge < -0.3 is 25.2 Å². The summed E-state index contributed by atoms with van der Waals surface area (Å²) < 4.78 is 36.6. The lowest BCUT2D eigenvalue weighted by Crippen LogP contribution is -2.52. The van der Waals surface area contributed by atoms with Gasteiger partial charge in [-0.1, -0.05) is 42.5 Å². The third-order valence-corrected chi connectivity index (χ3v) is 6.29. The van der Waals surface area contributed by atoms with Gasteiger partial charge in [0.25, 0.3) is 5.91 Å². The molecule has 0 bridgehead atoms. The molecule has 172 valence electrons. The summed E-state index contributed by atoms with van der Waals surface area (Å²) in [4.78, 5) is 16.8. The zero-order valence-electron chi connectivity index (χ0n) is 16.8. The summed E-state index contributed by atoms with van der Waals surface area (Å²) in [7, 11) is 0. The second kappa shape index (κ2) is 9.25. The van der Waals surface area contributed by atoms with Crippen molar-refractivity contribution in [3.63, 3.8) is 0 Å². The summed E-state index contributed by atoms with van der Waals surface area (Å²) >= 11 is 12.1. The molecule has 1 aromatic heterocycles. The van der Waals surface area contributed by atoms with Gasteiger partial charge in [-0.15, -0.1) is 0 Å². The second-order valence-corrected chi connectivity index (χ2v) is 8.59. The number of ether oxygens (including phenoxy) is 2. The van der Waals surface area contributed by atoms with Gasteiger partial charge in [0.15, 0.2) is 11.5 Å². The summed E-state index contributed by atoms with van der Waals surface area (Å²) in [6.07, 6.45) is 5.77. The van der Waals surface area contributed by atoms with E-state index in [0.717, 1.165) is 19.3 Å². The number of rotatable bonds is 5. The monoisotopic (exact) mass is 487 g/mol. The lowest BCUT2D eigenvalue weighted by Gasteiger charge is -2.42. The summed E-state index contributed by atoms with van der Waals surface area (Å²) in [5.74, 6) is -0.881. The van der Waals surface area contributed by atoms with Crippen LogP contribution < -0.4 is 20.1 Å². The van der Waals surface area contributed by atoms with Crippen LogP contribution in [0.15, 0.2) is 24.5 Å². The standard InChI is InChI=1S/C21H21Cl2F2N3O4/c22-12-8-26-9-13(23)17(12)28-19(29)11-4-5-14(31-20(24)25)18-16(11)27-10-15(32-18)21(30)6-2-1-3-7-21/h4-5,8-9,15,20,27,30H,1-3,6-7,10H2,(H,26,28,29)/t15-/m0/s1. The molecule has 1 aromatic carbocycles. The van der Waals surface area contributed by atoms with E-state index in [2.05, 4.69) is 20.4 Å². The molecule has 4 rings (SSSR count). The van der Waals surface area contributed by atoms with Crippen molar-refractivity contribution in [2.45, 2.75) is 50.4 Å². The number of halogens is 4. The summed E-state index contributed by atoms with van der Waals surface area (Å²) in [6, 6.07) is 2.56. The molecule has 2 heterocycles. The molecule has 3 N–H and O–H groups in total. The van der Waals surface area contributed by atoms with Crippen LogP contribution in [-0.4, -0.2) is 40.9 Å². The summed E-state index contributed by atoms with van der Waals surface area (Å²) in [5, 5.41) is 17.0. The van der Waals surface area contributed by atoms with E-state index in [1.165, 1.54) is 24.5 Å². The molecular weight excluding hydrogens is 467 g/mol. The topological polar surface area (TPSA) is 92.7 Å². The fourth-order valence-corrected chi connectivity index (χ4v) is 4.57. The van der Waals surface area contributed by atoms with Crippen LogP contribution in [0, 0.1) is 0 Å². The van der Waals surface area contributed by atoms with Crippen LogP contribution in [0.25, 0.3) is 0 Å². The van der Waals surface area contributed by atoms with Crippen LogP contribution in [0.3, 0.4) is 0 Å². The first-order valence-electron chi connectivity index (χ1n) is 10.1. The number of aromatic nitrogens is 1. The largest absolute Gasteiger partial charge is 0.479 e. The molecule has 0 radical (unpaired) electrons. The van der Waals surface area contributed by atoms with Crippen molar-refractivity contribution in [1.29, 1.82) is 0 Å². The fraction of sp³-hybridized carbons (Fsp3) is 0.429. The number of carbonyl (C=O) groups excluding carboxylic acids is 1. The van der Waals surface area contributed by atoms with Crippen molar-refractivity contribution in [2.24, 2.45) is 0 Å². The van der Waals surface area contributed by atoms with E-state index in [1.807, 2.05) is 0 Å². The Hall–Kier alpha value is -2.36. The molecule has 7 nitrogen and oxygen atoms in total. The SMILES string of the molecule is O=C(Nc1c(Cl)cncc1Cl)c1ccc(OC(F)F)c2c1NC[C@@H](C1(O)CCCCC1)O2. The highest BCUT2D eigenvalue weighted by Crippen LogP contribution is 2.45. The Morgan fingerprint density at radius 1 is 1.25 bits per heavy atom. The van der Waals surface area contributed by atoms with E-state index in [0.29, 0.717) is 12.8 Å². The van der Waals surface area contributed by atoms with Crippen LogP contribution in [0.5, 0.6) is 11.5 Å². The number of anilines is 2. The minimum absolute atomic E-state index is 0.0554. The maximum absolute atomic E-state index is 13.0. The number of aliphatic hydroxyl groups is 1. The van der Waals surface area contributed by atoms with Gasteiger partial charge in [0, 0.05) is 12.4 Å². The number of fused-ring (bicyclic) bond motifs is 1. The zero-order chi connectivity index (χ0) is 22.9. The van der Waals surface area contributed by atoms with Crippen molar-refractivity contribution < 1.29 is 28.2 Å². The van der Waals surface area contributed by atoms with Gasteiger partial charge in [0.2, 0.25) is 0 Å². The van der Waals surface area contributed by atoms with E-state index in [4.69, 9.17) is 27.9 Å². The van der Waals surface area contributed by atoms with Crippen LogP contribution in [0.1, 0.15) is 42.5 Å². The molecule has 1 saturated carbocycles. The number of hydrogen-bond acceptors (Lipinski definition) is 6. The molecule has 11 heteroatoms. The van der Waals surface area contributed by atoms with Gasteiger partial charge in [-0.2, -0.15) is 8.78 Å². The number of carbonyl (C=O) groups is 1. The third-order valence-electron chi connectivity index (χ3n) is 5.72. The Kier molecular flexibility index (Phi) is 6.60. The lowest BCUT2D eigenvalue weighted by atomic mass is 9.80. The zero-order valence-corrected chi connectivity index (χ0v) is 18.3. The number of benzene rings is 1. The Labute approximate surface area is 193 Å². The van der Waals surface area contributed by atoms with Gasteiger partial charge >= 0.3 is 6.61 Å². The highest BCUT2D eigenvalue weighted by Gasteiger charge is 2.42. The van der Waals surface area contributed by atoms with Crippen molar-refractivity contribution in [2.75, 3.05) is 17.2 Å². The molecule has 1 aliphatic heterocycles. The number of pyridine rings is 1. The van der Waals surface area contributed by atoms with E-state index in [9.17, 15) is 18.7 Å². The Morgan fingerprint density at radius 3 is 2.59 bits per heavy atom. The van der Waals surface area contributed by atoms with Crippen LogP contribution >= 0.6 is 23.2 Å². The Morgan fingerprint density at radius 2 is 1.94 bits per heavy atom. The normalized spacial score (nSPS) is 19.5. The number of nitrogens with one attached hydrogen (secondary N) is 2. The molecule has 1 atom stereocenters. The minimum atomic E-state index is -3.09. The van der Waals surface area contributed by atoms with Crippen molar-refractivity contribution in [3.8, 4) is 11.5 Å². The van der Waals surface area contributed by atoms with Gasteiger partial charge in [-0.05, 0) is 25.0 Å². The predicted molar refractivity (Wildman–Crippen MR) is 116 cm³/mol. The minimum Gasteiger partial charge on any atom is -0.479 e. The number of hydrogen-bond donors (Lipinski definition) is 3. The smallest absolute Gasteiger partial charge is 0.387 e. The molecule has 0 unspecified atom stereocenters. The lowest BCUT2D eigenvalue weighted by molar-refractivity contribution is -0.0859. The maximum Gasteiger partial charge on any atom is 0.387 e. The molecule has 2 aromatic rings. The van der Waals surface area contributed by atoms with Crippen molar-refractivity contribution in [1.82, 2.24) is 4.98 Å². The highest BCUT2D eigenvalue weighted by atomic mass is 35.5. The van der Waals surface area contributed by atoms with Gasteiger partial charge in [0.05, 0.1) is 33.5 Å². The van der Waals surface area contributed by atoms with Crippen LogP contribution in [-0.2, 0) is 0 Å². The van der Waals surface area contributed by atoms with Crippen LogP contribution in [0.2, 0.25) is 10.0 Å². The molecule has 0 spiro atoms. The van der Waals surface area contributed by atoms with Crippen LogP contribution in [0.4, 0.5) is 20.2 Å². The Bertz CT molecular complexity index is 999. The first-order valence-corrected chi connectivity index (χ1v) is 10.9. The maximum atomic E-state index is 13.0. The van der Waals surface area contributed by atoms with Crippen molar-refractivity contribution in [3.05, 3.63) is 40.1 Å². The quantitative estimate of drug-likeness (QED) is 0.542. The second-order valence-electron chi connectivity index (χ2n) is 7.78. The van der Waals surface area contributed by atoms with E-state index >= 15 is 0 Å². The fourth-order valence-electron chi connectivity index (χ4n) is 4.11. The van der Waals surface area contributed by atoms with E-state index < -0.39 is 24.2 Å². The van der Waals surface area contributed by atoms with Gasteiger partial charge in [0.1, 0.15) is 11.7 Å². The first kappa shape index (κ1) is 22.8. The summed E-state index contributed by atoms with van der Waals surface area (Å²) in [5.41, 5.74) is -0.639. The molecule has 1 amide bonds. The molecule has 1 aliphatic carbocycles. The molecule has 0 saturated heterocycles.